The Kier molecular flexibility index (Phi) is 10.0. The molecule has 2 aromatic rings. The number of para-hydroxylation sites is 2. The summed E-state index contributed by atoms with van der Waals surface area (Å²) >= 11 is 6.43. The smallest absolute Gasteiger partial charge is 0.408 e. The fraction of sp³-hybridized carbons (Fsp3) is 0.576. The van der Waals surface area contributed by atoms with Crippen molar-refractivity contribution in [3.8, 4) is 5.88 Å². The molecule has 0 radical (unpaired) electrons. The van der Waals surface area contributed by atoms with Crippen LogP contribution in [0.5, 0.6) is 5.88 Å². The zero-order chi connectivity index (χ0) is 33.1. The minimum absolute atomic E-state index is 0.0178. The minimum atomic E-state index is -1.21. The van der Waals surface area contributed by atoms with E-state index in [0.717, 1.165) is 19.3 Å². The number of esters is 1. The van der Waals surface area contributed by atoms with Gasteiger partial charge in [0.25, 0.3) is 5.88 Å². The molecule has 1 unspecified atom stereocenters. The number of rotatable bonds is 5. The van der Waals surface area contributed by atoms with Gasteiger partial charge in [0.05, 0.1) is 24.2 Å². The SMILES string of the molecule is CCOC(=O)C12C[C@@H]1/C=C\CCCCC[C@H](NC(=O)OC(C)(C)C)C(=O)N1C[C@H](Oc3nc4ccccc4nc3Cl)C[C@H]1C(=O)N2. The summed E-state index contributed by atoms with van der Waals surface area (Å²) < 4.78 is 17.0. The van der Waals surface area contributed by atoms with Gasteiger partial charge in [0, 0.05) is 12.3 Å². The normalized spacial score (nSPS) is 27.7. The third kappa shape index (κ3) is 7.71. The van der Waals surface area contributed by atoms with E-state index in [1.807, 2.05) is 24.3 Å². The van der Waals surface area contributed by atoms with Crippen LogP contribution >= 0.6 is 11.6 Å². The Balaban J connectivity index is 1.45. The van der Waals surface area contributed by atoms with E-state index in [0.29, 0.717) is 30.3 Å². The van der Waals surface area contributed by atoms with Crippen LogP contribution in [-0.2, 0) is 23.9 Å². The number of hydrogen-bond donors (Lipinski definition) is 2. The van der Waals surface area contributed by atoms with Crippen LogP contribution in [0, 0.1) is 5.92 Å². The van der Waals surface area contributed by atoms with Crippen LogP contribution < -0.4 is 15.4 Å². The second-order valence-corrected chi connectivity index (χ2v) is 13.4. The van der Waals surface area contributed by atoms with Crippen molar-refractivity contribution in [1.82, 2.24) is 25.5 Å². The summed E-state index contributed by atoms with van der Waals surface area (Å²) in [6, 6.07) is 5.26. The van der Waals surface area contributed by atoms with E-state index in [-0.39, 0.29) is 36.5 Å². The molecule has 2 fully saturated rings. The zero-order valence-corrected chi connectivity index (χ0v) is 27.5. The van der Waals surface area contributed by atoms with Crippen molar-refractivity contribution in [1.29, 1.82) is 0 Å². The number of hydrogen-bond acceptors (Lipinski definition) is 9. The molecule has 3 aliphatic rings. The Hall–Kier alpha value is -3.93. The number of nitrogens with one attached hydrogen (secondary N) is 2. The molecule has 13 heteroatoms. The Bertz CT molecular complexity index is 1510. The predicted molar refractivity (Wildman–Crippen MR) is 170 cm³/mol. The number of amides is 3. The van der Waals surface area contributed by atoms with Crippen molar-refractivity contribution in [2.75, 3.05) is 13.2 Å². The lowest BCUT2D eigenvalue weighted by atomic mass is 10.0. The molecule has 1 aliphatic carbocycles. The molecule has 1 saturated heterocycles. The van der Waals surface area contributed by atoms with Crippen molar-refractivity contribution in [2.24, 2.45) is 5.92 Å². The number of nitrogens with zero attached hydrogens (tertiary/aromatic N) is 3. The van der Waals surface area contributed by atoms with Crippen molar-refractivity contribution in [3.05, 3.63) is 41.6 Å². The maximum absolute atomic E-state index is 14.2. The standard InChI is InChI=1S/C33H42ClN5O7/c1-5-44-30(42)33-18-20(33)13-9-7-6-8-10-16-24(37-31(43)46-32(2,3)4)29(41)39-19-21(17-25(39)27(40)38-33)45-28-26(34)35-22-14-11-12-15-23(22)36-28/h9,11-15,20-21,24-25H,5-8,10,16-19H2,1-4H3,(H,37,43)(H,38,40)/b13-9-/t20-,21+,24-,25-,33?/m0/s1. The highest BCUT2D eigenvalue weighted by Crippen LogP contribution is 2.46. The van der Waals surface area contributed by atoms with Crippen LogP contribution in [0.15, 0.2) is 36.4 Å². The van der Waals surface area contributed by atoms with Crippen LogP contribution in [0.2, 0.25) is 5.15 Å². The molecule has 3 heterocycles. The van der Waals surface area contributed by atoms with Gasteiger partial charge in [-0.2, -0.15) is 0 Å². The largest absolute Gasteiger partial charge is 0.470 e. The molecule has 5 rings (SSSR count). The van der Waals surface area contributed by atoms with E-state index in [4.69, 9.17) is 25.8 Å². The topological polar surface area (TPSA) is 149 Å². The predicted octanol–water partition coefficient (Wildman–Crippen LogP) is 4.48. The van der Waals surface area contributed by atoms with Crippen LogP contribution in [0.4, 0.5) is 4.79 Å². The van der Waals surface area contributed by atoms with Gasteiger partial charge in [-0.3, -0.25) is 9.59 Å². The van der Waals surface area contributed by atoms with E-state index in [1.54, 1.807) is 39.8 Å². The second-order valence-electron chi connectivity index (χ2n) is 13.0. The lowest BCUT2D eigenvalue weighted by Gasteiger charge is -2.30. The van der Waals surface area contributed by atoms with Crippen molar-refractivity contribution in [2.45, 2.75) is 102 Å². The maximum atomic E-state index is 14.2. The number of aromatic nitrogens is 2. The van der Waals surface area contributed by atoms with Crippen molar-refractivity contribution < 1.29 is 33.4 Å². The van der Waals surface area contributed by atoms with Gasteiger partial charge in [0.1, 0.15) is 29.3 Å². The molecular formula is C33H42ClN5O7. The average molecular weight is 656 g/mol. The Morgan fingerprint density at radius 2 is 1.87 bits per heavy atom. The molecule has 12 nitrogen and oxygen atoms in total. The van der Waals surface area contributed by atoms with Gasteiger partial charge in [-0.25, -0.2) is 19.6 Å². The second kappa shape index (κ2) is 13.8. The van der Waals surface area contributed by atoms with Gasteiger partial charge in [-0.1, -0.05) is 48.7 Å². The number of ether oxygens (including phenoxy) is 3. The molecule has 46 heavy (non-hydrogen) atoms. The summed E-state index contributed by atoms with van der Waals surface area (Å²) in [5, 5.41) is 5.73. The lowest BCUT2D eigenvalue weighted by molar-refractivity contribution is -0.150. The van der Waals surface area contributed by atoms with E-state index < -0.39 is 53.2 Å². The van der Waals surface area contributed by atoms with Gasteiger partial charge in [0.15, 0.2) is 5.15 Å². The van der Waals surface area contributed by atoms with Crippen LogP contribution in [0.25, 0.3) is 11.0 Å². The van der Waals surface area contributed by atoms with E-state index in [1.165, 1.54) is 4.90 Å². The van der Waals surface area contributed by atoms with Gasteiger partial charge in [-0.05, 0) is 65.5 Å². The van der Waals surface area contributed by atoms with Crippen LogP contribution in [-0.4, -0.2) is 81.2 Å². The molecule has 0 bridgehead atoms. The number of alkyl carbamates (subject to hydrolysis) is 1. The molecule has 3 amide bonds. The van der Waals surface area contributed by atoms with E-state index in [9.17, 15) is 19.2 Å². The summed E-state index contributed by atoms with van der Waals surface area (Å²) in [6.07, 6.45) is 6.60. The van der Waals surface area contributed by atoms with Crippen LogP contribution in [0.3, 0.4) is 0 Å². The highest BCUT2D eigenvalue weighted by Gasteiger charge is 2.62. The summed E-state index contributed by atoms with van der Waals surface area (Å²) in [5.74, 6) is -1.59. The fourth-order valence-corrected chi connectivity index (χ4v) is 6.22. The van der Waals surface area contributed by atoms with Gasteiger partial charge >= 0.3 is 12.1 Å². The van der Waals surface area contributed by atoms with Gasteiger partial charge < -0.3 is 29.7 Å². The lowest BCUT2D eigenvalue weighted by Crippen LogP contribution is -2.56. The Morgan fingerprint density at radius 1 is 1.13 bits per heavy atom. The first-order valence-electron chi connectivity index (χ1n) is 15.9. The quantitative estimate of drug-likeness (QED) is 0.351. The highest BCUT2D eigenvalue weighted by molar-refractivity contribution is 6.31. The number of fused-ring (bicyclic) bond motifs is 3. The fourth-order valence-electron chi connectivity index (χ4n) is 6.04. The monoisotopic (exact) mass is 655 g/mol. The van der Waals surface area contributed by atoms with Gasteiger partial charge in [-0.15, -0.1) is 0 Å². The summed E-state index contributed by atoms with van der Waals surface area (Å²) in [4.78, 5) is 64.5. The van der Waals surface area contributed by atoms with Crippen molar-refractivity contribution >= 4 is 46.5 Å². The molecular weight excluding hydrogens is 614 g/mol. The van der Waals surface area contributed by atoms with Gasteiger partial charge in [0.2, 0.25) is 11.8 Å². The number of benzene rings is 1. The zero-order valence-electron chi connectivity index (χ0n) is 26.7. The molecule has 5 atom stereocenters. The molecule has 0 spiro atoms. The van der Waals surface area contributed by atoms with E-state index >= 15 is 0 Å². The van der Waals surface area contributed by atoms with E-state index in [2.05, 4.69) is 20.6 Å². The molecule has 1 aromatic carbocycles. The first-order chi connectivity index (χ1) is 21.9. The third-order valence-electron chi connectivity index (χ3n) is 8.35. The highest BCUT2D eigenvalue weighted by atomic mass is 35.5. The Morgan fingerprint density at radius 3 is 2.59 bits per heavy atom. The summed E-state index contributed by atoms with van der Waals surface area (Å²) in [7, 11) is 0. The first kappa shape index (κ1) is 33.4. The average Bonchev–Trinajstić information content (AvgIpc) is 3.52. The molecule has 2 aliphatic heterocycles. The minimum Gasteiger partial charge on any atom is -0.470 e. The summed E-state index contributed by atoms with van der Waals surface area (Å²) in [6.45, 7) is 7.13. The summed E-state index contributed by atoms with van der Waals surface area (Å²) in [5.41, 5.74) is -0.800. The number of carbonyl (C=O) groups is 4. The van der Waals surface area contributed by atoms with Crippen LogP contribution in [0.1, 0.15) is 72.6 Å². The number of carbonyl (C=O) groups excluding carboxylic acids is 4. The molecule has 1 aromatic heterocycles. The Labute approximate surface area is 273 Å². The maximum Gasteiger partial charge on any atom is 0.408 e. The number of halogens is 1. The third-order valence-corrected chi connectivity index (χ3v) is 8.59. The molecule has 248 valence electrons. The molecule has 2 N–H and O–H groups in total. The number of allylic oxidation sites excluding steroid dienone is 1. The van der Waals surface area contributed by atoms with Crippen molar-refractivity contribution in [3.63, 3.8) is 0 Å². The first-order valence-corrected chi connectivity index (χ1v) is 16.3. The molecule has 1 saturated carbocycles.